The zero-order valence-corrected chi connectivity index (χ0v) is 6.41. The predicted molar refractivity (Wildman–Crippen MR) is 34.3 cm³/mol. The molecule has 1 heterocycles. The first-order valence-corrected chi connectivity index (χ1v) is 2.46. The molecule has 0 N–H and O–H groups in total. The van der Waals surface area contributed by atoms with Gasteiger partial charge < -0.3 is 0 Å². The Bertz CT molecular complexity index is 172. The van der Waals surface area contributed by atoms with Crippen LogP contribution in [0.3, 0.4) is 0 Å². The van der Waals surface area contributed by atoms with Gasteiger partial charge in [-0.25, -0.2) is 0 Å². The SMILES string of the molecule is C=Cc1ccncc1.[Pd]. The van der Waals surface area contributed by atoms with Crippen LogP contribution in [0.2, 0.25) is 0 Å². The first-order valence-electron chi connectivity index (χ1n) is 2.46. The van der Waals surface area contributed by atoms with Gasteiger partial charge in [0.2, 0.25) is 0 Å². The summed E-state index contributed by atoms with van der Waals surface area (Å²) < 4.78 is 0. The standard InChI is InChI=1S/C7H7N.Pd/c1-2-7-3-5-8-6-4-7;/h2-6H,1H2;. The van der Waals surface area contributed by atoms with Crippen molar-refractivity contribution in [1.29, 1.82) is 0 Å². The van der Waals surface area contributed by atoms with Gasteiger partial charge >= 0.3 is 0 Å². The fraction of sp³-hybridized carbons (Fsp3) is 0. The molecule has 1 nitrogen and oxygen atoms in total. The van der Waals surface area contributed by atoms with Gasteiger partial charge in [0, 0.05) is 32.8 Å². The fourth-order valence-corrected chi connectivity index (χ4v) is 0.500. The molecule has 0 spiro atoms. The van der Waals surface area contributed by atoms with Crippen LogP contribution in [-0.4, -0.2) is 4.98 Å². The summed E-state index contributed by atoms with van der Waals surface area (Å²) in [6.45, 7) is 3.60. The average molecular weight is 212 g/mol. The van der Waals surface area contributed by atoms with Gasteiger partial charge in [0.1, 0.15) is 0 Å². The van der Waals surface area contributed by atoms with Crippen molar-refractivity contribution < 1.29 is 20.4 Å². The van der Waals surface area contributed by atoms with Crippen LogP contribution in [0.1, 0.15) is 5.56 Å². The van der Waals surface area contributed by atoms with Crippen LogP contribution in [0.5, 0.6) is 0 Å². The third-order valence-electron chi connectivity index (χ3n) is 0.942. The monoisotopic (exact) mass is 211 g/mol. The van der Waals surface area contributed by atoms with Crippen molar-refractivity contribution in [3.05, 3.63) is 36.7 Å². The normalized spacial score (nSPS) is 7.56. The maximum absolute atomic E-state index is 3.85. The van der Waals surface area contributed by atoms with Crippen LogP contribution in [0.15, 0.2) is 31.1 Å². The topological polar surface area (TPSA) is 12.9 Å². The third kappa shape index (κ3) is 2.55. The Kier molecular flexibility index (Phi) is 4.21. The molecule has 0 saturated carbocycles. The molecule has 0 aliphatic rings. The van der Waals surface area contributed by atoms with E-state index in [2.05, 4.69) is 11.6 Å². The van der Waals surface area contributed by atoms with Gasteiger partial charge in [-0.05, 0) is 17.7 Å². The summed E-state index contributed by atoms with van der Waals surface area (Å²) in [6.07, 6.45) is 5.29. The van der Waals surface area contributed by atoms with Crippen molar-refractivity contribution >= 4 is 6.08 Å². The molecule has 0 unspecified atom stereocenters. The molecule has 0 amide bonds. The van der Waals surface area contributed by atoms with Gasteiger partial charge in [0.15, 0.2) is 0 Å². The minimum atomic E-state index is 0. The maximum Gasteiger partial charge on any atom is 0.0273 e. The first kappa shape index (κ1) is 8.55. The predicted octanol–water partition coefficient (Wildman–Crippen LogP) is 1.72. The summed E-state index contributed by atoms with van der Waals surface area (Å²) >= 11 is 0. The van der Waals surface area contributed by atoms with Gasteiger partial charge in [-0.1, -0.05) is 12.7 Å². The van der Waals surface area contributed by atoms with Crippen molar-refractivity contribution in [3.8, 4) is 0 Å². The Hall–Kier alpha value is -0.448. The molecule has 0 fully saturated rings. The Morgan fingerprint density at radius 3 is 2.22 bits per heavy atom. The van der Waals surface area contributed by atoms with E-state index in [1.165, 1.54) is 0 Å². The first-order chi connectivity index (χ1) is 3.93. The number of hydrogen-bond acceptors (Lipinski definition) is 1. The van der Waals surface area contributed by atoms with E-state index in [9.17, 15) is 0 Å². The van der Waals surface area contributed by atoms with Crippen molar-refractivity contribution in [2.45, 2.75) is 0 Å². The van der Waals surface area contributed by atoms with E-state index in [0.717, 1.165) is 5.56 Å². The molecule has 1 rings (SSSR count). The fourth-order valence-electron chi connectivity index (χ4n) is 0.500. The zero-order chi connectivity index (χ0) is 5.82. The number of aromatic nitrogens is 1. The summed E-state index contributed by atoms with van der Waals surface area (Å²) in [7, 11) is 0. The summed E-state index contributed by atoms with van der Waals surface area (Å²) in [5.41, 5.74) is 1.11. The maximum atomic E-state index is 3.85. The van der Waals surface area contributed by atoms with E-state index in [1.807, 2.05) is 12.1 Å². The van der Waals surface area contributed by atoms with E-state index in [1.54, 1.807) is 18.5 Å². The van der Waals surface area contributed by atoms with Crippen LogP contribution in [0.4, 0.5) is 0 Å². The number of rotatable bonds is 1. The number of nitrogens with zero attached hydrogens (tertiary/aromatic N) is 1. The molecule has 2 heteroatoms. The minimum Gasteiger partial charge on any atom is -0.265 e. The Balaban J connectivity index is 0.000000640. The molecule has 0 aromatic carbocycles. The smallest absolute Gasteiger partial charge is 0.0273 e. The van der Waals surface area contributed by atoms with Crippen LogP contribution in [-0.2, 0) is 20.4 Å². The molecule has 0 aliphatic heterocycles. The van der Waals surface area contributed by atoms with Crippen molar-refractivity contribution in [2.75, 3.05) is 0 Å². The summed E-state index contributed by atoms with van der Waals surface area (Å²) in [4.78, 5) is 3.85. The second kappa shape index (κ2) is 4.43. The number of hydrogen-bond donors (Lipinski definition) is 0. The van der Waals surface area contributed by atoms with Gasteiger partial charge in [0.05, 0.1) is 0 Å². The molecule has 0 saturated heterocycles. The average Bonchev–Trinajstić information content (AvgIpc) is 1.90. The molecule has 1 aromatic rings. The van der Waals surface area contributed by atoms with E-state index in [0.29, 0.717) is 0 Å². The van der Waals surface area contributed by atoms with Crippen LogP contribution in [0, 0.1) is 0 Å². The zero-order valence-electron chi connectivity index (χ0n) is 4.86. The minimum absolute atomic E-state index is 0. The molecule has 1 aromatic heterocycles. The second-order valence-corrected chi connectivity index (χ2v) is 1.48. The quantitative estimate of drug-likeness (QED) is 0.645. The van der Waals surface area contributed by atoms with Crippen molar-refractivity contribution in [1.82, 2.24) is 4.98 Å². The molecule has 0 aliphatic carbocycles. The van der Waals surface area contributed by atoms with Crippen LogP contribution < -0.4 is 0 Å². The van der Waals surface area contributed by atoms with Crippen LogP contribution >= 0.6 is 0 Å². The molecule has 0 atom stereocenters. The van der Waals surface area contributed by atoms with Crippen molar-refractivity contribution in [2.24, 2.45) is 0 Å². The molecular weight excluding hydrogens is 205 g/mol. The van der Waals surface area contributed by atoms with E-state index in [4.69, 9.17) is 0 Å². The Morgan fingerprint density at radius 2 is 1.89 bits per heavy atom. The Morgan fingerprint density at radius 1 is 1.33 bits per heavy atom. The van der Waals surface area contributed by atoms with Gasteiger partial charge in [-0.2, -0.15) is 0 Å². The molecular formula is C7H7NPd. The molecule has 9 heavy (non-hydrogen) atoms. The summed E-state index contributed by atoms with van der Waals surface area (Å²) in [6, 6.07) is 3.82. The van der Waals surface area contributed by atoms with E-state index >= 15 is 0 Å². The summed E-state index contributed by atoms with van der Waals surface area (Å²) in [5, 5.41) is 0. The molecule has 0 bridgehead atoms. The molecule has 0 radical (unpaired) electrons. The largest absolute Gasteiger partial charge is 0.265 e. The Labute approximate surface area is 68.5 Å². The van der Waals surface area contributed by atoms with E-state index < -0.39 is 0 Å². The molecule has 50 valence electrons. The summed E-state index contributed by atoms with van der Waals surface area (Å²) in [5.74, 6) is 0. The van der Waals surface area contributed by atoms with Gasteiger partial charge in [-0.3, -0.25) is 4.98 Å². The van der Waals surface area contributed by atoms with Gasteiger partial charge in [0.25, 0.3) is 0 Å². The van der Waals surface area contributed by atoms with Gasteiger partial charge in [-0.15, -0.1) is 0 Å². The number of pyridine rings is 1. The van der Waals surface area contributed by atoms with Crippen LogP contribution in [0.25, 0.3) is 6.08 Å². The second-order valence-electron chi connectivity index (χ2n) is 1.48. The van der Waals surface area contributed by atoms with E-state index in [-0.39, 0.29) is 20.4 Å². The van der Waals surface area contributed by atoms with Crippen molar-refractivity contribution in [3.63, 3.8) is 0 Å². The third-order valence-corrected chi connectivity index (χ3v) is 0.942.